The third-order valence-electron chi connectivity index (χ3n) is 29.2. The minimum absolute atomic E-state index is 0.0509. The number of anilines is 4. The van der Waals surface area contributed by atoms with Gasteiger partial charge in [-0.25, -0.2) is 38.5 Å². The van der Waals surface area contributed by atoms with E-state index in [0.29, 0.717) is 34.9 Å². The van der Waals surface area contributed by atoms with Crippen molar-refractivity contribution in [2.45, 2.75) is 232 Å². The molecule has 12 aromatic heterocycles. The predicted molar refractivity (Wildman–Crippen MR) is 545 cm³/mol. The van der Waals surface area contributed by atoms with E-state index in [0.717, 1.165) is 94.5 Å². The average Bonchev–Trinajstić information content (AvgIpc) is 1.59. The lowest BCUT2D eigenvalue weighted by molar-refractivity contribution is -0.789. The minimum Gasteiger partial charge on any atom is -0.438 e. The van der Waals surface area contributed by atoms with Gasteiger partial charge in [-0.2, -0.15) is 9.47 Å². The third-order valence-corrected chi connectivity index (χ3v) is 30.4. The first-order valence-electron chi connectivity index (χ1n) is 47.3. The van der Waals surface area contributed by atoms with Crippen LogP contribution >= 0.6 is 11.3 Å². The Morgan fingerprint density at radius 3 is 1.07 bits per heavy atom. The van der Waals surface area contributed by atoms with Crippen LogP contribution in [0.1, 0.15) is 196 Å². The molecule has 0 bridgehead atoms. The summed E-state index contributed by atoms with van der Waals surface area (Å²) in [6, 6.07) is 54.3. The summed E-state index contributed by atoms with van der Waals surface area (Å²) in [7, 11) is 8.48. The fourth-order valence-electron chi connectivity index (χ4n) is 22.4. The Labute approximate surface area is 794 Å². The lowest BCUT2D eigenvalue weighted by atomic mass is 9.85. The summed E-state index contributed by atoms with van der Waals surface area (Å²) in [4.78, 5) is 37.6. The molecule has 694 valence electrons. The van der Waals surface area contributed by atoms with Crippen LogP contribution < -0.4 is 38.0 Å². The predicted octanol–water partition coefficient (Wildman–Crippen LogP) is 24.2. The second-order valence-corrected chi connectivity index (χ2v) is 41.0. The summed E-state index contributed by atoms with van der Waals surface area (Å²) in [5, 5.41) is 10.2. The molecule has 0 unspecified atom stereocenters. The van der Waals surface area contributed by atoms with Crippen LogP contribution in [0.4, 0.5) is 22.8 Å². The highest BCUT2D eigenvalue weighted by atomic mass is 32.1. The van der Waals surface area contributed by atoms with Crippen molar-refractivity contribution < 1.29 is 40.5 Å². The second kappa shape index (κ2) is 33.4. The Hall–Kier alpha value is -13.7. The molecule has 0 radical (unpaired) electrons. The molecule has 6 aromatic carbocycles. The molecule has 4 aliphatic rings. The fraction of sp³-hybridized carbons (Fsp3) is 0.351. The zero-order valence-electron chi connectivity index (χ0n) is 83.7. The number of furan rings is 4. The highest BCUT2D eigenvalue weighted by Gasteiger charge is 2.48. The van der Waals surface area contributed by atoms with E-state index in [9.17, 15) is 0 Å². The smallest absolute Gasteiger partial charge is 0.438 e. The molecule has 0 aliphatic carbocycles. The monoisotopic (exact) mass is 1830 g/mol. The maximum atomic E-state index is 6.26. The van der Waals surface area contributed by atoms with Crippen molar-refractivity contribution in [2.75, 3.05) is 19.6 Å². The molecular formula is C111H128N18O5S+4. The van der Waals surface area contributed by atoms with Crippen molar-refractivity contribution in [1.82, 2.24) is 48.8 Å². The van der Waals surface area contributed by atoms with E-state index >= 15 is 0 Å². The number of hydrogen-bond acceptors (Lipinski definition) is 18. The van der Waals surface area contributed by atoms with Crippen LogP contribution in [0, 0.1) is 62.3 Å². The number of rotatable bonds is 14. The molecule has 22 rings (SSSR count). The van der Waals surface area contributed by atoms with Crippen LogP contribution in [0.3, 0.4) is 0 Å². The zero-order valence-corrected chi connectivity index (χ0v) is 84.5. The Morgan fingerprint density at radius 2 is 0.704 bits per heavy atom. The van der Waals surface area contributed by atoms with Gasteiger partial charge in [0, 0.05) is 110 Å². The van der Waals surface area contributed by atoms with E-state index in [4.69, 9.17) is 22.1 Å². The lowest BCUT2D eigenvalue weighted by Crippen LogP contribution is -2.48. The first-order chi connectivity index (χ1) is 64.2. The van der Waals surface area contributed by atoms with Crippen molar-refractivity contribution in [3.8, 4) is 0 Å². The molecule has 0 spiro atoms. The largest absolute Gasteiger partial charge is 0.463 e. The number of oxazole rings is 1. The van der Waals surface area contributed by atoms with Crippen LogP contribution in [0.25, 0.3) is 110 Å². The van der Waals surface area contributed by atoms with Gasteiger partial charge in [-0.15, -0.1) is 9.36 Å². The maximum absolute atomic E-state index is 6.26. The fourth-order valence-corrected chi connectivity index (χ4v) is 23.6. The first kappa shape index (κ1) is 90.4. The Morgan fingerprint density at radius 1 is 0.356 bits per heavy atom. The number of aryl methyl sites for hydroxylation is 10. The summed E-state index contributed by atoms with van der Waals surface area (Å²) in [6.07, 6.45) is 22.5. The van der Waals surface area contributed by atoms with Gasteiger partial charge in [-0.05, 0) is 319 Å². The quantitative estimate of drug-likeness (QED) is 0.0942. The van der Waals surface area contributed by atoms with Crippen molar-refractivity contribution in [3.05, 3.63) is 287 Å². The zero-order chi connectivity index (χ0) is 95.7. The van der Waals surface area contributed by atoms with Crippen LogP contribution in [0.15, 0.2) is 236 Å². The number of para-hydroxylation sites is 3. The molecule has 0 saturated heterocycles. The number of benzene rings is 6. The molecule has 135 heavy (non-hydrogen) atoms. The standard InChI is InChI=1S/C28H36N5O.C28H29N4O2.C28H29N4OS.C27H34N5O/c1-17(2)32-16-24(30(9)20(32)5)31-14-15-33(21(31)6)28(7,8)26-18(3)10-13-23-25(26)22-12-11-19(4)29-27(22)34-23;1-17-11-14-23-24(20-13-12-18(2)29-26(20)33-23)25(17)28(4,5)32-16-15-31(19(32)3)27-30(6)21-9-7-8-10-22(21)34-27;1-17-11-14-22-24(20-13-12-18(2)29-26(20)33-22)25(17)28(4,5)32-16-15-31(19(32)3)27-30(6)21-9-7-8-10-23(21)34-27;1-17(2)32-14-13-23(29(32)8)30-15-16-31(20(30)5)27(6,7)25-18(3)9-12-22-24(25)21-11-10-19(4)28-26(21)33-22/h10-17,21H,1-9H3;2*7-16,19H,1-6H3;9-17,20H,1-8H3/q4*+1/t21-;2*19-;20-/m1111/s1. The van der Waals surface area contributed by atoms with E-state index in [1.54, 1.807) is 0 Å². The van der Waals surface area contributed by atoms with Gasteiger partial charge in [0.05, 0.1) is 67.2 Å². The van der Waals surface area contributed by atoms with Crippen LogP contribution in [0.2, 0.25) is 0 Å². The highest BCUT2D eigenvalue weighted by molar-refractivity contribution is 7.21. The molecule has 0 fully saturated rings. The van der Waals surface area contributed by atoms with Gasteiger partial charge >= 0.3 is 11.1 Å². The van der Waals surface area contributed by atoms with Gasteiger partial charge in [-0.1, -0.05) is 48.5 Å². The molecule has 0 saturated carbocycles. The Bertz CT molecular complexity index is 7640. The average molecular weight is 1830 g/mol. The third kappa shape index (κ3) is 14.8. The van der Waals surface area contributed by atoms with E-state index in [1.165, 1.54) is 88.1 Å². The van der Waals surface area contributed by atoms with Gasteiger partial charge in [0.2, 0.25) is 28.7 Å². The lowest BCUT2D eigenvalue weighted by Gasteiger charge is -2.42. The van der Waals surface area contributed by atoms with Crippen molar-refractivity contribution in [2.24, 2.45) is 28.2 Å². The van der Waals surface area contributed by atoms with Gasteiger partial charge in [0.25, 0.3) is 5.82 Å². The number of imidazole rings is 1. The van der Waals surface area contributed by atoms with E-state index in [-0.39, 0.29) is 46.8 Å². The summed E-state index contributed by atoms with van der Waals surface area (Å²) in [5.74, 6) is 3.61. The summed E-state index contributed by atoms with van der Waals surface area (Å²) in [6.45, 7) is 55.2. The van der Waals surface area contributed by atoms with Crippen LogP contribution in [0.5, 0.6) is 0 Å². The van der Waals surface area contributed by atoms with Crippen molar-refractivity contribution in [1.29, 1.82) is 0 Å². The Kier molecular flexibility index (Phi) is 22.4. The molecule has 0 amide bonds. The minimum atomic E-state index is -0.319. The van der Waals surface area contributed by atoms with E-state index in [2.05, 4.69) is 449 Å². The maximum Gasteiger partial charge on any atom is 0.463 e. The number of hydrogen-bond donors (Lipinski definition) is 0. The molecule has 4 aliphatic heterocycles. The van der Waals surface area contributed by atoms with Crippen LogP contribution in [-0.4, -0.2) is 73.4 Å². The number of thiazole rings is 1. The van der Waals surface area contributed by atoms with Gasteiger partial charge in [0.15, 0.2) is 47.7 Å². The molecule has 16 heterocycles. The van der Waals surface area contributed by atoms with Gasteiger partial charge in [0.1, 0.15) is 52.6 Å². The summed E-state index contributed by atoms with van der Waals surface area (Å²) in [5.41, 5.74) is 22.4. The molecular weight excluding hydrogens is 1700 g/mol. The summed E-state index contributed by atoms with van der Waals surface area (Å²) < 4.78 is 45.8. The Balaban J connectivity index is 0.000000116. The van der Waals surface area contributed by atoms with Crippen molar-refractivity contribution in [3.63, 3.8) is 0 Å². The molecule has 24 heteroatoms. The number of nitrogens with zero attached hydrogens (tertiary/aromatic N) is 18. The first-order valence-corrected chi connectivity index (χ1v) is 48.1. The van der Waals surface area contributed by atoms with Crippen LogP contribution in [-0.2, 0) is 50.3 Å². The SMILES string of the molecule is Cc1ccc2c(n1)oc1ccc(C)c(C(C)(C)N3C=CN(c4c[n+](C(C)C)c(C)n4C)[C@H]3C)c12.Cc1ccc2c(n1)oc1ccc(C)c(C(C)(C)N3C=CN(c4cc[n+](C(C)C)n4C)[C@H]3C)c12.Cc1ccc2c(n1)oc1ccc(C)c(C(C)(C)N3C=CN(c4oc5ccccc5[n+]4C)[C@H]3C)c12.Cc1ccc2c(n1)oc1ccc(C)c(C(C)(C)N3C=CN(c4sc5ccccc5[n+]4C)[C@H]3C)c12. The molecule has 0 N–H and O–H groups in total. The van der Waals surface area contributed by atoms with E-state index in [1.807, 2.05) is 64.3 Å². The number of aromatic nitrogens is 10. The number of fused-ring (bicyclic) bond motifs is 14. The highest BCUT2D eigenvalue weighted by Crippen LogP contribution is 2.50. The molecule has 23 nitrogen and oxygen atoms in total. The molecule has 18 aromatic rings. The summed E-state index contributed by atoms with van der Waals surface area (Å²) >= 11 is 1.83. The van der Waals surface area contributed by atoms with Gasteiger partial charge in [-0.3, -0.25) is 4.90 Å². The van der Waals surface area contributed by atoms with Crippen molar-refractivity contribution >= 4 is 144 Å². The molecule has 4 atom stereocenters. The van der Waals surface area contributed by atoms with E-state index < -0.39 is 0 Å². The van der Waals surface area contributed by atoms with Gasteiger partial charge < -0.3 is 46.6 Å². The topological polar surface area (TPSA) is 169 Å². The second-order valence-electron chi connectivity index (χ2n) is 40.0. The number of pyridine rings is 4. The normalized spacial score (nSPS) is 16.7.